The van der Waals surface area contributed by atoms with Crippen LogP contribution in [0.1, 0.15) is 25.7 Å². The van der Waals surface area contributed by atoms with Gasteiger partial charge in [-0.25, -0.2) is 9.37 Å². The average molecular weight is 450 g/mol. The number of hydrogen-bond acceptors (Lipinski definition) is 6. The smallest absolute Gasteiger partial charge is 0.250 e. The Morgan fingerprint density at radius 1 is 1.15 bits per heavy atom. The maximum Gasteiger partial charge on any atom is 0.250 e. The van der Waals surface area contributed by atoms with Crippen molar-refractivity contribution in [2.75, 3.05) is 11.9 Å². The van der Waals surface area contributed by atoms with Gasteiger partial charge in [-0.05, 0) is 48.6 Å². The molecule has 5 rings (SSSR count). The van der Waals surface area contributed by atoms with Crippen molar-refractivity contribution in [3.63, 3.8) is 0 Å². The highest BCUT2D eigenvalue weighted by Crippen LogP contribution is 2.34. The molecule has 0 spiro atoms. The molecule has 33 heavy (non-hydrogen) atoms. The van der Waals surface area contributed by atoms with Crippen LogP contribution in [0.15, 0.2) is 53.7 Å². The number of pyridine rings is 1. The minimum atomic E-state index is -0.945. The largest absolute Gasteiger partial charge is 0.507 e. The molecule has 1 aromatic carbocycles. The van der Waals surface area contributed by atoms with E-state index in [2.05, 4.69) is 15.3 Å². The Morgan fingerprint density at radius 2 is 1.97 bits per heavy atom. The SMILES string of the molecule is CN(c1cnc(-c2ccc(-c3ccn(C)c(=O)c3)cc2O)cn1)[C@H]1CC2CCCC(N2)[C@H]1F. The van der Waals surface area contributed by atoms with E-state index in [4.69, 9.17) is 0 Å². The zero-order chi connectivity index (χ0) is 23.1. The standard InChI is InChI=1S/C25H28FN5O2/c1-30-9-8-16(11-24(30)33)15-6-7-18(22(32)10-15)20-13-28-23(14-27-20)31(2)21-12-17-4-3-5-19(29-17)25(21)26/h6-11,13-14,17,19,21,25,29,32H,3-5,12H2,1-2H3/t17?,19?,21-,25+/m0/s1. The normalized spacial score (nSPS) is 24.5. The fourth-order valence-electron chi connectivity index (χ4n) is 5.02. The number of nitrogens with zero attached hydrogens (tertiary/aromatic N) is 4. The number of aryl methyl sites for hydroxylation is 1. The van der Waals surface area contributed by atoms with Crippen LogP contribution < -0.4 is 15.8 Å². The molecule has 2 aliphatic rings. The van der Waals surface area contributed by atoms with E-state index in [1.165, 1.54) is 10.6 Å². The van der Waals surface area contributed by atoms with E-state index < -0.39 is 6.17 Å². The number of anilines is 1. The fraction of sp³-hybridized carbons (Fsp3) is 0.400. The number of phenols is 1. The van der Waals surface area contributed by atoms with Crippen LogP contribution in [0.25, 0.3) is 22.4 Å². The molecule has 2 N–H and O–H groups in total. The third-order valence-electron chi connectivity index (χ3n) is 7.00. The van der Waals surface area contributed by atoms with E-state index in [-0.39, 0.29) is 23.4 Å². The van der Waals surface area contributed by atoms with Gasteiger partial charge in [-0.15, -0.1) is 0 Å². The summed E-state index contributed by atoms with van der Waals surface area (Å²) in [5.74, 6) is 0.668. The molecule has 2 unspecified atom stereocenters. The van der Waals surface area contributed by atoms with Crippen LogP contribution in [0, 0.1) is 0 Å². The Balaban J connectivity index is 1.36. The number of halogens is 1. The highest BCUT2D eigenvalue weighted by molar-refractivity contribution is 5.74. The summed E-state index contributed by atoms with van der Waals surface area (Å²) in [6.07, 6.45) is 7.78. The van der Waals surface area contributed by atoms with Crippen LogP contribution in [-0.4, -0.2) is 51.0 Å². The fourth-order valence-corrected chi connectivity index (χ4v) is 5.02. The molecular formula is C25H28FN5O2. The summed E-state index contributed by atoms with van der Waals surface area (Å²) in [7, 11) is 3.56. The Hall–Kier alpha value is -3.26. The summed E-state index contributed by atoms with van der Waals surface area (Å²) < 4.78 is 16.6. The van der Waals surface area contributed by atoms with Crippen molar-refractivity contribution in [2.45, 2.75) is 50.0 Å². The van der Waals surface area contributed by atoms with E-state index in [1.54, 1.807) is 37.8 Å². The molecule has 172 valence electrons. The number of hydrogen-bond donors (Lipinski definition) is 2. The van der Waals surface area contributed by atoms with Crippen molar-refractivity contribution in [1.82, 2.24) is 19.9 Å². The quantitative estimate of drug-likeness (QED) is 0.636. The number of aromatic hydroxyl groups is 1. The van der Waals surface area contributed by atoms with Gasteiger partial charge in [0.25, 0.3) is 5.56 Å². The summed E-state index contributed by atoms with van der Waals surface area (Å²) in [4.78, 5) is 22.8. The number of alkyl halides is 1. The molecule has 2 aliphatic heterocycles. The summed E-state index contributed by atoms with van der Waals surface area (Å²) >= 11 is 0. The molecule has 2 saturated heterocycles. The number of piperidine rings is 2. The molecule has 0 amide bonds. The lowest BCUT2D eigenvalue weighted by atomic mass is 9.82. The predicted octanol–water partition coefficient (Wildman–Crippen LogP) is 3.27. The molecule has 4 atom stereocenters. The van der Waals surface area contributed by atoms with Gasteiger partial charge in [0.15, 0.2) is 0 Å². The lowest BCUT2D eigenvalue weighted by Crippen LogP contribution is -2.61. The Kier molecular flexibility index (Phi) is 5.62. The summed E-state index contributed by atoms with van der Waals surface area (Å²) in [5, 5.41) is 14.0. The molecule has 7 nitrogen and oxygen atoms in total. The Bertz CT molecular complexity index is 1210. The monoisotopic (exact) mass is 449 g/mol. The predicted molar refractivity (Wildman–Crippen MR) is 126 cm³/mol. The second kappa shape index (κ2) is 8.59. The number of aromatic nitrogens is 3. The second-order valence-corrected chi connectivity index (χ2v) is 9.12. The second-order valence-electron chi connectivity index (χ2n) is 9.12. The molecular weight excluding hydrogens is 421 g/mol. The van der Waals surface area contributed by atoms with Crippen LogP contribution in [0.5, 0.6) is 5.75 Å². The third-order valence-corrected chi connectivity index (χ3v) is 7.00. The van der Waals surface area contributed by atoms with Crippen molar-refractivity contribution in [3.05, 3.63) is 59.3 Å². The van der Waals surface area contributed by atoms with Gasteiger partial charge in [0.05, 0.1) is 24.1 Å². The lowest BCUT2D eigenvalue weighted by Gasteiger charge is -2.46. The Morgan fingerprint density at radius 3 is 2.70 bits per heavy atom. The summed E-state index contributed by atoms with van der Waals surface area (Å²) in [6.45, 7) is 0. The number of rotatable bonds is 4. The molecule has 8 heteroatoms. The molecule has 3 aromatic rings. The van der Waals surface area contributed by atoms with Gasteiger partial charge >= 0.3 is 0 Å². The Labute approximate surface area is 191 Å². The van der Waals surface area contributed by atoms with Crippen molar-refractivity contribution in [2.24, 2.45) is 7.05 Å². The van der Waals surface area contributed by atoms with Crippen LogP contribution >= 0.6 is 0 Å². The van der Waals surface area contributed by atoms with Gasteiger partial charge in [-0.1, -0.05) is 12.5 Å². The number of fused-ring (bicyclic) bond motifs is 2. The minimum absolute atomic E-state index is 0.0542. The first-order valence-electron chi connectivity index (χ1n) is 11.4. The van der Waals surface area contributed by atoms with E-state index in [0.29, 0.717) is 23.1 Å². The number of nitrogens with one attached hydrogen (secondary N) is 1. The third kappa shape index (κ3) is 4.11. The first-order chi connectivity index (χ1) is 15.9. The number of phenolic OH excluding ortho intramolecular Hbond substituents is 1. The summed E-state index contributed by atoms with van der Waals surface area (Å²) in [5.41, 5.74) is 2.43. The summed E-state index contributed by atoms with van der Waals surface area (Å²) in [6, 6.07) is 8.63. The first kappa shape index (κ1) is 21.6. The minimum Gasteiger partial charge on any atom is -0.507 e. The molecule has 2 aromatic heterocycles. The van der Waals surface area contributed by atoms with Gasteiger partial charge in [-0.2, -0.15) is 0 Å². The molecule has 2 fully saturated rings. The molecule has 0 saturated carbocycles. The van der Waals surface area contributed by atoms with Crippen LogP contribution in [0.4, 0.5) is 10.2 Å². The van der Waals surface area contributed by atoms with E-state index in [0.717, 1.165) is 36.8 Å². The average Bonchev–Trinajstić information content (AvgIpc) is 2.83. The lowest BCUT2D eigenvalue weighted by molar-refractivity contribution is 0.107. The van der Waals surface area contributed by atoms with Crippen molar-refractivity contribution < 1.29 is 9.50 Å². The van der Waals surface area contributed by atoms with Gasteiger partial charge in [0.2, 0.25) is 0 Å². The van der Waals surface area contributed by atoms with E-state index in [1.807, 2.05) is 24.1 Å². The van der Waals surface area contributed by atoms with E-state index >= 15 is 4.39 Å². The van der Waals surface area contributed by atoms with Gasteiger partial charge in [0.1, 0.15) is 17.7 Å². The van der Waals surface area contributed by atoms with Crippen molar-refractivity contribution in [1.29, 1.82) is 0 Å². The van der Waals surface area contributed by atoms with Gasteiger partial charge in [-0.3, -0.25) is 9.78 Å². The first-order valence-corrected chi connectivity index (χ1v) is 11.4. The maximum absolute atomic E-state index is 15.1. The van der Waals surface area contributed by atoms with E-state index in [9.17, 15) is 9.90 Å². The topological polar surface area (TPSA) is 83.3 Å². The van der Waals surface area contributed by atoms with Crippen molar-refractivity contribution >= 4 is 5.82 Å². The highest BCUT2D eigenvalue weighted by atomic mass is 19.1. The van der Waals surface area contributed by atoms with Crippen LogP contribution in [0.2, 0.25) is 0 Å². The maximum atomic E-state index is 15.1. The molecule has 4 heterocycles. The van der Waals surface area contributed by atoms with Gasteiger partial charge in [0, 0.05) is 44.0 Å². The molecule has 2 bridgehead atoms. The zero-order valence-corrected chi connectivity index (χ0v) is 18.8. The van der Waals surface area contributed by atoms with Gasteiger partial charge < -0.3 is 19.9 Å². The highest BCUT2D eigenvalue weighted by Gasteiger charge is 2.41. The molecule has 0 radical (unpaired) electrons. The zero-order valence-electron chi connectivity index (χ0n) is 18.8. The van der Waals surface area contributed by atoms with Crippen LogP contribution in [0.3, 0.4) is 0 Å². The number of benzene rings is 1. The van der Waals surface area contributed by atoms with Crippen LogP contribution in [-0.2, 0) is 7.05 Å². The molecule has 0 aliphatic carbocycles. The van der Waals surface area contributed by atoms with Crippen molar-refractivity contribution in [3.8, 4) is 28.1 Å².